The number of hydrogen-bond acceptors (Lipinski definition) is 5. The molecule has 140 valence electrons. The van der Waals surface area contributed by atoms with E-state index in [-0.39, 0.29) is 36.3 Å². The number of aryl methyl sites for hydroxylation is 1. The fourth-order valence-corrected chi connectivity index (χ4v) is 3.39. The second-order valence-corrected chi connectivity index (χ2v) is 10.3. The first kappa shape index (κ1) is 23.6. The Hall–Kier alpha value is -0.420. The van der Waals surface area contributed by atoms with Gasteiger partial charge < -0.3 is 10.2 Å². The largest absolute Gasteiger partial charge is 0.357 e. The second kappa shape index (κ2) is 9.91. The highest BCUT2D eigenvalue weighted by atomic mass is 127. The lowest BCUT2D eigenvalue weighted by Gasteiger charge is -2.22. The van der Waals surface area contributed by atoms with Crippen molar-refractivity contribution in [2.24, 2.45) is 4.99 Å². The third-order valence-corrected chi connectivity index (χ3v) is 6.73. The lowest BCUT2D eigenvalue weighted by Crippen LogP contribution is -2.39. The Morgan fingerprint density at radius 1 is 1.42 bits per heavy atom. The van der Waals surface area contributed by atoms with Gasteiger partial charge in [0.2, 0.25) is 0 Å². The van der Waals surface area contributed by atoms with Crippen molar-refractivity contribution in [1.82, 2.24) is 15.2 Å². The maximum Gasteiger partial charge on any atom is 0.194 e. The van der Waals surface area contributed by atoms with E-state index < -0.39 is 14.6 Å². The van der Waals surface area contributed by atoms with Crippen LogP contribution in [0.2, 0.25) is 0 Å². The van der Waals surface area contributed by atoms with E-state index in [4.69, 9.17) is 0 Å². The van der Waals surface area contributed by atoms with Gasteiger partial charge in [-0.25, -0.2) is 13.4 Å². The molecule has 0 aliphatic rings. The molecule has 24 heavy (non-hydrogen) atoms. The van der Waals surface area contributed by atoms with Crippen molar-refractivity contribution in [1.29, 1.82) is 0 Å². The third kappa shape index (κ3) is 7.22. The molecule has 0 aromatic carbocycles. The van der Waals surface area contributed by atoms with Crippen molar-refractivity contribution >= 4 is 51.1 Å². The number of aliphatic imine (C=N–C) groups is 1. The maximum atomic E-state index is 12.1. The van der Waals surface area contributed by atoms with Crippen molar-refractivity contribution in [2.75, 3.05) is 25.9 Å². The molecule has 0 aliphatic carbocycles. The van der Waals surface area contributed by atoms with Crippen molar-refractivity contribution < 1.29 is 8.42 Å². The second-order valence-electron chi connectivity index (χ2n) is 6.38. The summed E-state index contributed by atoms with van der Waals surface area (Å²) < 4.78 is 23.5. The number of rotatable bonds is 6. The van der Waals surface area contributed by atoms with Crippen LogP contribution >= 0.6 is 35.3 Å². The molecule has 0 saturated heterocycles. The summed E-state index contributed by atoms with van der Waals surface area (Å²) in [4.78, 5) is 10.8. The molecule has 0 bridgehead atoms. The quantitative estimate of drug-likeness (QED) is 0.379. The van der Waals surface area contributed by atoms with Gasteiger partial charge in [-0.05, 0) is 34.6 Å². The first-order valence-electron chi connectivity index (χ1n) is 7.69. The first-order chi connectivity index (χ1) is 10.6. The van der Waals surface area contributed by atoms with Gasteiger partial charge in [0.1, 0.15) is 0 Å². The SMILES string of the molecule is CCNC(=NCCS(=O)(=O)C(C)(C)C)N(C)Cc1csc(C)n1.I. The molecule has 1 aromatic rings. The molecule has 6 nitrogen and oxygen atoms in total. The van der Waals surface area contributed by atoms with Crippen LogP contribution in [0.3, 0.4) is 0 Å². The minimum atomic E-state index is -3.15. The van der Waals surface area contributed by atoms with Crippen LogP contribution in [0.15, 0.2) is 10.4 Å². The van der Waals surface area contributed by atoms with Crippen LogP contribution in [-0.2, 0) is 16.4 Å². The predicted molar refractivity (Wildman–Crippen MR) is 113 cm³/mol. The van der Waals surface area contributed by atoms with Crippen LogP contribution in [0.4, 0.5) is 0 Å². The van der Waals surface area contributed by atoms with Gasteiger partial charge in [0.15, 0.2) is 15.8 Å². The fourth-order valence-electron chi connectivity index (χ4n) is 1.85. The summed E-state index contributed by atoms with van der Waals surface area (Å²) >= 11 is 1.62. The number of thiazole rings is 1. The van der Waals surface area contributed by atoms with Crippen LogP contribution < -0.4 is 5.32 Å². The predicted octanol–water partition coefficient (Wildman–Crippen LogP) is 2.68. The molecule has 1 N–H and O–H groups in total. The number of sulfone groups is 1. The van der Waals surface area contributed by atoms with Crippen LogP contribution in [0.1, 0.15) is 38.4 Å². The number of hydrogen-bond donors (Lipinski definition) is 1. The summed E-state index contributed by atoms with van der Waals surface area (Å²) in [5.74, 6) is 0.747. The van der Waals surface area contributed by atoms with Crippen molar-refractivity contribution in [3.63, 3.8) is 0 Å². The monoisotopic (exact) mass is 488 g/mol. The molecule has 0 amide bonds. The highest BCUT2D eigenvalue weighted by Gasteiger charge is 2.28. The molecule has 0 saturated carbocycles. The molecular formula is C15H29IN4O2S2. The molecule has 1 heterocycles. The molecular weight excluding hydrogens is 459 g/mol. The molecule has 0 atom stereocenters. The van der Waals surface area contributed by atoms with Gasteiger partial charge in [0.05, 0.1) is 34.3 Å². The van der Waals surface area contributed by atoms with E-state index in [9.17, 15) is 8.42 Å². The van der Waals surface area contributed by atoms with E-state index in [0.29, 0.717) is 12.5 Å². The number of guanidine groups is 1. The van der Waals surface area contributed by atoms with Crippen molar-refractivity contribution in [3.05, 3.63) is 16.1 Å². The van der Waals surface area contributed by atoms with Gasteiger partial charge in [-0.1, -0.05) is 0 Å². The number of nitrogens with one attached hydrogen (secondary N) is 1. The van der Waals surface area contributed by atoms with Gasteiger partial charge in [-0.3, -0.25) is 4.99 Å². The fraction of sp³-hybridized carbons (Fsp3) is 0.733. The lowest BCUT2D eigenvalue weighted by molar-refractivity contribution is 0.471. The Balaban J connectivity index is 0.00000529. The zero-order valence-corrected chi connectivity index (χ0v) is 19.3. The van der Waals surface area contributed by atoms with Gasteiger partial charge in [-0.2, -0.15) is 0 Å². The summed E-state index contributed by atoms with van der Waals surface area (Å²) in [7, 11) is -1.23. The lowest BCUT2D eigenvalue weighted by atomic mass is 10.3. The summed E-state index contributed by atoms with van der Waals surface area (Å²) in [6.45, 7) is 10.7. The average molecular weight is 488 g/mol. The van der Waals surface area contributed by atoms with E-state index in [1.165, 1.54) is 0 Å². The zero-order chi connectivity index (χ0) is 17.7. The maximum absolute atomic E-state index is 12.1. The van der Waals surface area contributed by atoms with Gasteiger partial charge in [-0.15, -0.1) is 35.3 Å². The van der Waals surface area contributed by atoms with E-state index >= 15 is 0 Å². The van der Waals surface area contributed by atoms with Crippen molar-refractivity contribution in [2.45, 2.75) is 45.9 Å². The summed E-state index contributed by atoms with van der Waals surface area (Å²) in [6, 6.07) is 0. The van der Waals surface area contributed by atoms with E-state index in [2.05, 4.69) is 15.3 Å². The standard InChI is InChI=1S/C15H28N4O2S2.HI/c1-7-16-14(17-8-9-23(20,21)15(3,4)5)19(6)10-13-11-22-12(2)18-13;/h11H,7-10H2,1-6H3,(H,16,17);1H. The number of aromatic nitrogens is 1. The third-order valence-electron chi connectivity index (χ3n) is 3.32. The van der Waals surface area contributed by atoms with E-state index in [1.54, 1.807) is 32.1 Å². The van der Waals surface area contributed by atoms with Gasteiger partial charge >= 0.3 is 0 Å². The van der Waals surface area contributed by atoms with Crippen LogP contribution in [0, 0.1) is 6.92 Å². The van der Waals surface area contributed by atoms with Crippen molar-refractivity contribution in [3.8, 4) is 0 Å². The molecule has 9 heteroatoms. The summed E-state index contributed by atoms with van der Waals surface area (Å²) in [5.41, 5.74) is 0.989. The van der Waals surface area contributed by atoms with Gasteiger partial charge in [0.25, 0.3) is 0 Å². The van der Waals surface area contributed by atoms with Crippen LogP contribution in [0.25, 0.3) is 0 Å². The molecule has 1 aromatic heterocycles. The topological polar surface area (TPSA) is 74.7 Å². The highest BCUT2D eigenvalue weighted by Crippen LogP contribution is 2.15. The summed E-state index contributed by atoms with van der Waals surface area (Å²) in [6.07, 6.45) is 0. The van der Waals surface area contributed by atoms with Crippen LogP contribution in [-0.4, -0.2) is 54.9 Å². The first-order valence-corrected chi connectivity index (χ1v) is 10.2. The zero-order valence-electron chi connectivity index (χ0n) is 15.3. The Morgan fingerprint density at radius 3 is 2.50 bits per heavy atom. The van der Waals surface area contributed by atoms with Gasteiger partial charge in [0, 0.05) is 19.0 Å². The average Bonchev–Trinajstić information content (AvgIpc) is 2.81. The Morgan fingerprint density at radius 2 is 2.04 bits per heavy atom. The Bertz CT molecular complexity index is 636. The Kier molecular flexibility index (Phi) is 9.73. The smallest absolute Gasteiger partial charge is 0.194 e. The Labute approximate surface area is 167 Å². The minimum Gasteiger partial charge on any atom is -0.357 e. The number of nitrogens with zero attached hydrogens (tertiary/aromatic N) is 3. The molecule has 0 aliphatic heterocycles. The van der Waals surface area contributed by atoms with E-state index in [1.807, 2.05) is 31.2 Å². The summed E-state index contributed by atoms with van der Waals surface area (Å²) in [5, 5.41) is 6.25. The molecule has 0 fully saturated rings. The molecule has 0 spiro atoms. The minimum absolute atomic E-state index is 0. The molecule has 0 unspecified atom stereocenters. The highest BCUT2D eigenvalue weighted by molar-refractivity contribution is 14.0. The van der Waals surface area contributed by atoms with E-state index in [0.717, 1.165) is 17.2 Å². The molecule has 0 radical (unpaired) electrons. The van der Waals surface area contributed by atoms with Crippen LogP contribution in [0.5, 0.6) is 0 Å². The molecule has 1 rings (SSSR count). The number of halogens is 1. The normalized spacial score (nSPS) is 12.7.